The molecule has 0 radical (unpaired) electrons. The van der Waals surface area contributed by atoms with Gasteiger partial charge < -0.3 is 4.98 Å². The Labute approximate surface area is 155 Å². The molecule has 2 N–H and O–H groups in total. The van der Waals surface area contributed by atoms with Gasteiger partial charge in [0, 0.05) is 16.5 Å². The molecule has 4 rings (SSSR count). The number of sulfonamides is 1. The number of H-pyrrole nitrogens is 1. The summed E-state index contributed by atoms with van der Waals surface area (Å²) in [4.78, 5) is 15.6. The lowest BCUT2D eigenvalue weighted by atomic mass is 9.84. The van der Waals surface area contributed by atoms with Gasteiger partial charge >= 0.3 is 0 Å². The van der Waals surface area contributed by atoms with Gasteiger partial charge in [0.25, 0.3) is 5.91 Å². The van der Waals surface area contributed by atoms with Gasteiger partial charge in [0.2, 0.25) is 10.0 Å². The molecule has 0 spiro atoms. The molecule has 5 nitrogen and oxygen atoms in total. The lowest BCUT2D eigenvalue weighted by Gasteiger charge is -2.21. The number of rotatable bonds is 4. The van der Waals surface area contributed by atoms with Crippen molar-refractivity contribution in [3.8, 4) is 0 Å². The number of amides is 1. The van der Waals surface area contributed by atoms with Crippen LogP contribution in [-0.4, -0.2) is 24.6 Å². The maximum absolute atomic E-state index is 12.3. The standard InChI is InChI=1S/C18H21BrN2O3S/c19-17-16(11-4-2-1-3-5-11)14-9-6-12(10-15(14)20-17)18(22)21-25(23,24)13-7-8-13/h6,9-11,13,20H,1-5,7-8H2,(H,21,22). The molecule has 7 heteroatoms. The fraction of sp³-hybridized carbons (Fsp3) is 0.500. The van der Waals surface area contributed by atoms with Crippen LogP contribution in [0.1, 0.15) is 66.8 Å². The number of aromatic amines is 1. The Kier molecular flexibility index (Phi) is 4.40. The zero-order chi connectivity index (χ0) is 17.6. The second kappa shape index (κ2) is 6.43. The van der Waals surface area contributed by atoms with Gasteiger partial charge in [-0.3, -0.25) is 4.79 Å². The summed E-state index contributed by atoms with van der Waals surface area (Å²) in [6.07, 6.45) is 7.45. The Morgan fingerprint density at radius 3 is 2.52 bits per heavy atom. The predicted octanol–water partition coefficient (Wildman–Crippen LogP) is 4.20. The van der Waals surface area contributed by atoms with E-state index in [2.05, 4.69) is 25.6 Å². The van der Waals surface area contributed by atoms with Crippen LogP contribution in [0.4, 0.5) is 0 Å². The lowest BCUT2D eigenvalue weighted by molar-refractivity contribution is 0.0981. The van der Waals surface area contributed by atoms with Crippen molar-refractivity contribution in [2.45, 2.75) is 56.1 Å². The number of aromatic nitrogens is 1. The van der Waals surface area contributed by atoms with Crippen molar-refractivity contribution in [2.24, 2.45) is 0 Å². The average Bonchev–Trinajstić information content (AvgIpc) is 3.38. The first-order valence-electron chi connectivity index (χ1n) is 8.83. The molecule has 0 aliphatic heterocycles. The topological polar surface area (TPSA) is 79.0 Å². The summed E-state index contributed by atoms with van der Waals surface area (Å²) in [6.45, 7) is 0. The number of fused-ring (bicyclic) bond motifs is 1. The highest BCUT2D eigenvalue weighted by Gasteiger charge is 2.37. The molecule has 2 aliphatic rings. The largest absolute Gasteiger partial charge is 0.349 e. The van der Waals surface area contributed by atoms with Crippen LogP contribution in [0.2, 0.25) is 0 Å². The number of benzene rings is 1. The first kappa shape index (κ1) is 17.1. The Hall–Kier alpha value is -1.34. The van der Waals surface area contributed by atoms with Gasteiger partial charge in [0.1, 0.15) is 0 Å². The van der Waals surface area contributed by atoms with Gasteiger partial charge in [-0.05, 0) is 65.2 Å². The Bertz CT molecular complexity index is 925. The maximum Gasteiger partial charge on any atom is 0.264 e. The van der Waals surface area contributed by atoms with E-state index < -0.39 is 21.2 Å². The van der Waals surface area contributed by atoms with Crippen molar-refractivity contribution in [1.82, 2.24) is 9.71 Å². The highest BCUT2D eigenvalue weighted by molar-refractivity contribution is 9.10. The van der Waals surface area contributed by atoms with Gasteiger partial charge in [-0.25, -0.2) is 13.1 Å². The Balaban J connectivity index is 1.63. The molecule has 1 aromatic heterocycles. The fourth-order valence-electron chi connectivity index (χ4n) is 3.77. The second-order valence-corrected chi connectivity index (χ2v) is 9.88. The average molecular weight is 425 g/mol. The molecule has 0 atom stereocenters. The van der Waals surface area contributed by atoms with E-state index >= 15 is 0 Å². The molecule has 134 valence electrons. The second-order valence-electron chi connectivity index (χ2n) is 7.12. The first-order valence-corrected chi connectivity index (χ1v) is 11.2. The molecule has 0 unspecified atom stereocenters. The normalized spacial score (nSPS) is 19.2. The molecule has 0 saturated heterocycles. The summed E-state index contributed by atoms with van der Waals surface area (Å²) in [5.74, 6) is -0.0227. The summed E-state index contributed by atoms with van der Waals surface area (Å²) >= 11 is 3.63. The lowest BCUT2D eigenvalue weighted by Crippen LogP contribution is -2.33. The van der Waals surface area contributed by atoms with Crippen molar-refractivity contribution in [2.75, 3.05) is 0 Å². The summed E-state index contributed by atoms with van der Waals surface area (Å²) in [6, 6.07) is 5.38. The van der Waals surface area contributed by atoms with Crippen LogP contribution in [0.3, 0.4) is 0 Å². The molecule has 2 fully saturated rings. The molecule has 25 heavy (non-hydrogen) atoms. The van der Waals surface area contributed by atoms with Crippen molar-refractivity contribution >= 4 is 42.8 Å². The summed E-state index contributed by atoms with van der Waals surface area (Å²) in [7, 11) is -3.53. The van der Waals surface area contributed by atoms with E-state index in [1.54, 1.807) is 12.1 Å². The Morgan fingerprint density at radius 2 is 1.84 bits per heavy atom. The van der Waals surface area contributed by atoms with E-state index in [-0.39, 0.29) is 0 Å². The van der Waals surface area contributed by atoms with Gasteiger partial charge in [0.05, 0.1) is 9.85 Å². The maximum atomic E-state index is 12.3. The highest BCUT2D eigenvalue weighted by Crippen LogP contribution is 2.40. The van der Waals surface area contributed by atoms with Crippen molar-refractivity contribution in [3.63, 3.8) is 0 Å². The van der Waals surface area contributed by atoms with Gasteiger partial charge in [-0.2, -0.15) is 0 Å². The molecular formula is C18H21BrN2O3S. The number of hydrogen-bond acceptors (Lipinski definition) is 3. The molecular weight excluding hydrogens is 404 g/mol. The summed E-state index contributed by atoms with van der Waals surface area (Å²) in [5.41, 5.74) is 2.51. The quantitative estimate of drug-likeness (QED) is 0.771. The predicted molar refractivity (Wildman–Crippen MR) is 101 cm³/mol. The van der Waals surface area contributed by atoms with E-state index in [9.17, 15) is 13.2 Å². The van der Waals surface area contributed by atoms with E-state index in [1.807, 2.05) is 6.07 Å². The van der Waals surface area contributed by atoms with E-state index in [0.29, 0.717) is 24.3 Å². The van der Waals surface area contributed by atoms with Crippen molar-refractivity contribution < 1.29 is 13.2 Å². The zero-order valence-electron chi connectivity index (χ0n) is 13.8. The minimum absolute atomic E-state index is 0.362. The van der Waals surface area contributed by atoms with E-state index in [1.165, 1.54) is 37.7 Å². The fourth-order valence-corrected chi connectivity index (χ4v) is 5.82. The molecule has 1 aromatic carbocycles. The first-order chi connectivity index (χ1) is 12.0. The van der Waals surface area contributed by atoms with Crippen molar-refractivity contribution in [1.29, 1.82) is 0 Å². The van der Waals surface area contributed by atoms with Crippen LogP contribution in [0.5, 0.6) is 0 Å². The van der Waals surface area contributed by atoms with Gasteiger partial charge in [0.15, 0.2) is 0 Å². The summed E-state index contributed by atoms with van der Waals surface area (Å²) in [5, 5.41) is 0.707. The molecule has 1 amide bonds. The van der Waals surface area contributed by atoms with Crippen LogP contribution in [-0.2, 0) is 10.0 Å². The molecule has 1 heterocycles. The number of halogens is 1. The monoisotopic (exact) mass is 424 g/mol. The third-order valence-electron chi connectivity index (χ3n) is 5.26. The van der Waals surface area contributed by atoms with E-state index in [4.69, 9.17) is 0 Å². The summed E-state index contributed by atoms with van der Waals surface area (Å²) < 4.78 is 27.1. The molecule has 2 aromatic rings. The van der Waals surface area contributed by atoms with Crippen LogP contribution in [0.25, 0.3) is 10.9 Å². The SMILES string of the molecule is O=C(NS(=O)(=O)C1CC1)c1ccc2c(C3CCCCC3)c(Br)[nH]c2c1. The van der Waals surface area contributed by atoms with Gasteiger partial charge in [-0.1, -0.05) is 25.3 Å². The minimum atomic E-state index is -3.53. The van der Waals surface area contributed by atoms with Crippen molar-refractivity contribution in [3.05, 3.63) is 33.9 Å². The minimum Gasteiger partial charge on any atom is -0.349 e. The van der Waals surface area contributed by atoms with Crippen LogP contribution < -0.4 is 4.72 Å². The highest BCUT2D eigenvalue weighted by atomic mass is 79.9. The Morgan fingerprint density at radius 1 is 1.12 bits per heavy atom. The number of hydrogen-bond donors (Lipinski definition) is 2. The molecule has 2 aliphatic carbocycles. The number of carbonyl (C=O) groups excluding carboxylic acids is 1. The van der Waals surface area contributed by atoms with Gasteiger partial charge in [-0.15, -0.1) is 0 Å². The number of nitrogens with one attached hydrogen (secondary N) is 2. The number of carbonyl (C=O) groups is 1. The van der Waals surface area contributed by atoms with E-state index in [0.717, 1.165) is 15.5 Å². The molecule has 0 bridgehead atoms. The smallest absolute Gasteiger partial charge is 0.264 e. The third kappa shape index (κ3) is 3.36. The van der Waals surface area contributed by atoms with Crippen LogP contribution >= 0.6 is 15.9 Å². The van der Waals surface area contributed by atoms with Crippen LogP contribution in [0.15, 0.2) is 22.8 Å². The third-order valence-corrected chi connectivity index (χ3v) is 7.71. The zero-order valence-corrected chi connectivity index (χ0v) is 16.2. The van der Waals surface area contributed by atoms with Crippen LogP contribution in [0, 0.1) is 0 Å². The molecule has 2 saturated carbocycles.